The summed E-state index contributed by atoms with van der Waals surface area (Å²) in [7, 11) is 0. The second-order valence-corrected chi connectivity index (χ2v) is 4.16. The first-order valence-corrected chi connectivity index (χ1v) is 6.12. The lowest BCUT2D eigenvalue weighted by atomic mass is 10.1. The van der Waals surface area contributed by atoms with Gasteiger partial charge in [-0.2, -0.15) is 0 Å². The number of carbonyl (C=O) groups excluding carboxylic acids is 2. The van der Waals surface area contributed by atoms with Crippen LogP contribution in [0.2, 0.25) is 0 Å². The molecular weight excluding hydrogens is 262 g/mol. The number of carboxylic acid groups (broad SMARTS) is 1. The van der Waals surface area contributed by atoms with E-state index in [9.17, 15) is 14.4 Å². The highest BCUT2D eigenvalue weighted by molar-refractivity contribution is 5.96. The van der Waals surface area contributed by atoms with Gasteiger partial charge in [-0.25, -0.2) is 9.59 Å². The second-order valence-electron chi connectivity index (χ2n) is 4.16. The molecule has 3 amide bonds. The van der Waals surface area contributed by atoms with Crippen LogP contribution in [0.15, 0.2) is 30.3 Å². The van der Waals surface area contributed by atoms with Gasteiger partial charge in [-0.3, -0.25) is 4.79 Å². The maximum Gasteiger partial charge on any atom is 0.326 e. The summed E-state index contributed by atoms with van der Waals surface area (Å²) in [5, 5.41) is 13.8. The number of nitrogens with two attached hydrogens (primary N) is 1. The zero-order valence-corrected chi connectivity index (χ0v) is 10.8. The normalized spacial score (nSPS) is 11.4. The maximum atomic E-state index is 11.8. The summed E-state index contributed by atoms with van der Waals surface area (Å²) in [6.07, 6.45) is 0.600. The number of aliphatic carboxylic acids is 1. The topological polar surface area (TPSA) is 122 Å². The van der Waals surface area contributed by atoms with E-state index in [0.717, 1.165) is 0 Å². The lowest BCUT2D eigenvalue weighted by molar-refractivity contribution is -0.139. The Hall–Kier alpha value is -2.57. The number of benzene rings is 1. The Kier molecular flexibility index (Phi) is 6.02. The monoisotopic (exact) mass is 279 g/mol. The van der Waals surface area contributed by atoms with Gasteiger partial charge in [-0.05, 0) is 25.0 Å². The lowest BCUT2D eigenvalue weighted by Crippen LogP contribution is -2.41. The minimum absolute atomic E-state index is 0.203. The van der Waals surface area contributed by atoms with Gasteiger partial charge in [0.1, 0.15) is 6.04 Å². The van der Waals surface area contributed by atoms with Gasteiger partial charge in [0.25, 0.3) is 5.91 Å². The first-order chi connectivity index (χ1) is 9.50. The van der Waals surface area contributed by atoms with Crippen LogP contribution in [0.5, 0.6) is 0 Å². The first kappa shape index (κ1) is 15.5. The molecule has 0 bridgehead atoms. The van der Waals surface area contributed by atoms with Crippen LogP contribution in [-0.4, -0.2) is 35.6 Å². The Bertz CT molecular complexity index is 476. The van der Waals surface area contributed by atoms with Crippen molar-refractivity contribution >= 4 is 17.9 Å². The van der Waals surface area contributed by atoms with E-state index in [1.807, 2.05) is 0 Å². The largest absolute Gasteiger partial charge is 0.480 e. The highest BCUT2D eigenvalue weighted by Gasteiger charge is 2.20. The predicted octanol–water partition coefficient (Wildman–Crippen LogP) is 0.318. The Labute approximate surface area is 116 Å². The van der Waals surface area contributed by atoms with Gasteiger partial charge in [-0.15, -0.1) is 0 Å². The number of amides is 3. The summed E-state index contributed by atoms with van der Waals surface area (Å²) >= 11 is 0. The van der Waals surface area contributed by atoms with Gasteiger partial charge in [0.2, 0.25) is 0 Å². The molecule has 1 aromatic rings. The van der Waals surface area contributed by atoms with E-state index in [0.29, 0.717) is 12.0 Å². The molecule has 0 fully saturated rings. The molecule has 1 atom stereocenters. The van der Waals surface area contributed by atoms with Crippen molar-refractivity contribution in [3.05, 3.63) is 35.9 Å². The number of carboxylic acids is 1. The van der Waals surface area contributed by atoms with Crippen molar-refractivity contribution in [1.82, 2.24) is 10.6 Å². The molecule has 7 nitrogen and oxygen atoms in total. The van der Waals surface area contributed by atoms with E-state index in [-0.39, 0.29) is 13.0 Å². The third-order valence-electron chi connectivity index (χ3n) is 2.61. The summed E-state index contributed by atoms with van der Waals surface area (Å²) < 4.78 is 0. The van der Waals surface area contributed by atoms with Crippen molar-refractivity contribution in [3.63, 3.8) is 0 Å². The Balaban J connectivity index is 2.49. The van der Waals surface area contributed by atoms with Crippen LogP contribution in [0.25, 0.3) is 0 Å². The van der Waals surface area contributed by atoms with Crippen LogP contribution in [0.3, 0.4) is 0 Å². The van der Waals surface area contributed by atoms with Gasteiger partial charge in [0, 0.05) is 12.1 Å². The molecule has 0 aliphatic heterocycles. The fraction of sp³-hybridized carbons (Fsp3) is 0.308. The lowest BCUT2D eigenvalue weighted by Gasteiger charge is -2.14. The zero-order valence-electron chi connectivity index (χ0n) is 10.8. The summed E-state index contributed by atoms with van der Waals surface area (Å²) in [5.74, 6) is -1.56. The average Bonchev–Trinajstić information content (AvgIpc) is 2.42. The van der Waals surface area contributed by atoms with Crippen LogP contribution < -0.4 is 16.4 Å². The molecule has 0 aliphatic carbocycles. The van der Waals surface area contributed by atoms with E-state index >= 15 is 0 Å². The third-order valence-corrected chi connectivity index (χ3v) is 2.61. The molecular formula is C13H17N3O4. The minimum Gasteiger partial charge on any atom is -0.480 e. The molecule has 0 unspecified atom stereocenters. The summed E-state index contributed by atoms with van der Waals surface area (Å²) in [5.41, 5.74) is 5.29. The third kappa shape index (κ3) is 5.38. The van der Waals surface area contributed by atoms with Crippen molar-refractivity contribution in [1.29, 1.82) is 0 Å². The fourth-order valence-electron chi connectivity index (χ4n) is 1.61. The Morgan fingerprint density at radius 1 is 1.20 bits per heavy atom. The second kappa shape index (κ2) is 7.78. The molecule has 7 heteroatoms. The van der Waals surface area contributed by atoms with Crippen molar-refractivity contribution in [3.8, 4) is 0 Å². The van der Waals surface area contributed by atoms with Crippen LogP contribution in [0, 0.1) is 0 Å². The predicted molar refractivity (Wildman–Crippen MR) is 72.2 cm³/mol. The highest BCUT2D eigenvalue weighted by atomic mass is 16.4. The number of rotatable bonds is 7. The number of hydrogen-bond acceptors (Lipinski definition) is 3. The number of carbonyl (C=O) groups is 3. The Morgan fingerprint density at radius 3 is 2.40 bits per heavy atom. The van der Waals surface area contributed by atoms with Crippen molar-refractivity contribution < 1.29 is 19.5 Å². The van der Waals surface area contributed by atoms with Gasteiger partial charge in [0.15, 0.2) is 0 Å². The first-order valence-electron chi connectivity index (χ1n) is 6.12. The number of primary amides is 1. The fourth-order valence-corrected chi connectivity index (χ4v) is 1.61. The summed E-state index contributed by atoms with van der Waals surface area (Å²) in [6, 6.07) is 6.69. The van der Waals surface area contributed by atoms with E-state index in [1.54, 1.807) is 30.3 Å². The highest BCUT2D eigenvalue weighted by Crippen LogP contribution is 2.02. The number of nitrogens with one attached hydrogen (secondary N) is 2. The maximum absolute atomic E-state index is 11.8. The molecule has 108 valence electrons. The molecule has 20 heavy (non-hydrogen) atoms. The van der Waals surface area contributed by atoms with Crippen molar-refractivity contribution in [2.75, 3.05) is 6.54 Å². The van der Waals surface area contributed by atoms with Gasteiger partial charge >= 0.3 is 12.0 Å². The molecule has 0 saturated heterocycles. The van der Waals surface area contributed by atoms with Crippen LogP contribution >= 0.6 is 0 Å². The van der Waals surface area contributed by atoms with Gasteiger partial charge in [0.05, 0.1) is 0 Å². The van der Waals surface area contributed by atoms with Crippen molar-refractivity contribution in [2.45, 2.75) is 18.9 Å². The molecule has 5 N–H and O–H groups in total. The minimum atomic E-state index is -1.12. The van der Waals surface area contributed by atoms with Crippen molar-refractivity contribution in [2.24, 2.45) is 5.73 Å². The number of hydrogen-bond donors (Lipinski definition) is 4. The molecule has 1 rings (SSSR count). The summed E-state index contributed by atoms with van der Waals surface area (Å²) in [6.45, 7) is 0.264. The van der Waals surface area contributed by atoms with E-state index in [2.05, 4.69) is 10.6 Å². The molecule has 0 saturated carbocycles. The molecule has 0 aromatic heterocycles. The quantitative estimate of drug-likeness (QED) is 0.537. The molecule has 0 heterocycles. The van der Waals surface area contributed by atoms with E-state index < -0.39 is 23.9 Å². The smallest absolute Gasteiger partial charge is 0.326 e. The van der Waals surface area contributed by atoms with E-state index in [4.69, 9.17) is 10.8 Å². The molecule has 0 radical (unpaired) electrons. The average molecular weight is 279 g/mol. The zero-order chi connectivity index (χ0) is 15.0. The van der Waals surface area contributed by atoms with E-state index in [1.165, 1.54) is 0 Å². The van der Waals surface area contributed by atoms with Crippen LogP contribution in [-0.2, 0) is 4.79 Å². The molecule has 1 aromatic carbocycles. The summed E-state index contributed by atoms with van der Waals surface area (Å²) in [4.78, 5) is 33.4. The molecule has 0 spiro atoms. The molecule has 0 aliphatic rings. The van der Waals surface area contributed by atoms with Crippen LogP contribution in [0.1, 0.15) is 23.2 Å². The van der Waals surface area contributed by atoms with Gasteiger partial charge < -0.3 is 21.5 Å². The van der Waals surface area contributed by atoms with Crippen LogP contribution in [0.4, 0.5) is 4.79 Å². The standard InChI is InChI=1S/C13H17N3O4/c14-13(20)15-8-4-7-10(12(18)19)16-11(17)9-5-2-1-3-6-9/h1-3,5-6,10H,4,7-8H2,(H,16,17)(H,18,19)(H3,14,15,20)/t10-/m0/s1. The SMILES string of the molecule is NC(=O)NCCC[C@H](NC(=O)c1ccccc1)C(=O)O. The van der Waals surface area contributed by atoms with Gasteiger partial charge in [-0.1, -0.05) is 18.2 Å². The number of urea groups is 1. The Morgan fingerprint density at radius 2 is 1.85 bits per heavy atom.